The van der Waals surface area contributed by atoms with Gasteiger partial charge in [-0.2, -0.15) is 0 Å². The minimum absolute atomic E-state index is 0.0991. The molecule has 0 saturated carbocycles. The molecule has 8 nitrogen and oxygen atoms in total. The van der Waals surface area contributed by atoms with Crippen LogP contribution in [0.4, 0.5) is 0 Å². The molecule has 0 aliphatic carbocycles. The van der Waals surface area contributed by atoms with E-state index in [1.807, 2.05) is 37.3 Å². The Hall–Kier alpha value is -2.81. The molecule has 0 amide bonds. The zero-order valence-electron chi connectivity index (χ0n) is 16.3. The first-order chi connectivity index (χ1) is 13.9. The predicted molar refractivity (Wildman–Crippen MR) is 107 cm³/mol. The second kappa shape index (κ2) is 7.55. The smallest absolute Gasteiger partial charge is 0.333 e. The standard InChI is InChI=1S/C21H23N3O5/c1-12-9-23(19-8-17(26)18(11-25)29-19)21(28)24(20(12)27)10-14-7-13(2)22-16-6-4-3-5-15(14)16/h3-7,9,17-19,25-26H,8,10-11H2,1-2H3/t17-,18-,19-/m0/s1. The number of pyridine rings is 1. The fraction of sp³-hybridized carbons (Fsp3) is 0.381. The molecule has 4 rings (SSSR count). The zero-order valence-corrected chi connectivity index (χ0v) is 16.3. The van der Waals surface area contributed by atoms with Crippen molar-refractivity contribution in [2.75, 3.05) is 6.61 Å². The third-order valence-electron chi connectivity index (χ3n) is 5.32. The molecule has 1 fully saturated rings. The van der Waals surface area contributed by atoms with Gasteiger partial charge in [-0.25, -0.2) is 4.79 Å². The van der Waals surface area contributed by atoms with Crippen LogP contribution in [0.5, 0.6) is 0 Å². The Morgan fingerprint density at radius 3 is 2.72 bits per heavy atom. The summed E-state index contributed by atoms with van der Waals surface area (Å²) in [5.74, 6) is 0. The average Bonchev–Trinajstić information content (AvgIpc) is 3.08. The highest BCUT2D eigenvalue weighted by Crippen LogP contribution is 2.27. The number of para-hydroxylation sites is 1. The molecule has 29 heavy (non-hydrogen) atoms. The van der Waals surface area contributed by atoms with Gasteiger partial charge in [0.1, 0.15) is 12.3 Å². The van der Waals surface area contributed by atoms with Crippen LogP contribution in [0.1, 0.15) is 29.5 Å². The molecule has 3 aromatic rings. The monoisotopic (exact) mass is 397 g/mol. The third kappa shape index (κ3) is 3.50. The SMILES string of the molecule is Cc1cc(Cn2c(=O)c(C)cn([C@@H]3C[C@H](O)[C@H](CO)O3)c2=O)c2ccccc2n1. The Balaban J connectivity index is 1.81. The van der Waals surface area contributed by atoms with Crippen molar-refractivity contribution in [2.24, 2.45) is 0 Å². The average molecular weight is 397 g/mol. The summed E-state index contributed by atoms with van der Waals surface area (Å²) in [6, 6.07) is 9.47. The number of rotatable bonds is 4. The topological polar surface area (TPSA) is 107 Å². The van der Waals surface area contributed by atoms with Crippen LogP contribution < -0.4 is 11.2 Å². The lowest BCUT2D eigenvalue weighted by Crippen LogP contribution is -2.42. The molecule has 3 atom stereocenters. The molecular weight excluding hydrogens is 374 g/mol. The van der Waals surface area contributed by atoms with Gasteiger partial charge in [-0.3, -0.25) is 18.9 Å². The maximum Gasteiger partial charge on any atom is 0.333 e. The maximum atomic E-state index is 13.1. The summed E-state index contributed by atoms with van der Waals surface area (Å²) in [6.45, 7) is 3.27. The molecule has 3 heterocycles. The summed E-state index contributed by atoms with van der Waals surface area (Å²) in [4.78, 5) is 30.4. The van der Waals surface area contributed by atoms with Gasteiger partial charge in [0.05, 0.1) is 24.8 Å². The van der Waals surface area contributed by atoms with Gasteiger partial charge in [-0.15, -0.1) is 0 Å². The normalized spacial score (nSPS) is 21.7. The van der Waals surface area contributed by atoms with E-state index in [0.29, 0.717) is 5.56 Å². The van der Waals surface area contributed by atoms with Gasteiger partial charge in [0.15, 0.2) is 0 Å². The molecule has 1 saturated heterocycles. The quantitative estimate of drug-likeness (QED) is 0.676. The van der Waals surface area contributed by atoms with Crippen LogP contribution in [0, 0.1) is 13.8 Å². The van der Waals surface area contributed by atoms with Crippen LogP contribution in [-0.2, 0) is 11.3 Å². The minimum atomic E-state index is -0.871. The number of aliphatic hydroxyl groups is 2. The fourth-order valence-corrected chi connectivity index (χ4v) is 3.85. The Morgan fingerprint density at radius 1 is 1.24 bits per heavy atom. The van der Waals surface area contributed by atoms with Crippen LogP contribution >= 0.6 is 0 Å². The molecule has 8 heteroatoms. The van der Waals surface area contributed by atoms with E-state index >= 15 is 0 Å². The number of hydrogen-bond donors (Lipinski definition) is 2. The zero-order chi connectivity index (χ0) is 20.7. The van der Waals surface area contributed by atoms with E-state index in [2.05, 4.69) is 4.98 Å². The molecule has 1 aliphatic rings. The Morgan fingerprint density at radius 2 is 2.00 bits per heavy atom. The summed E-state index contributed by atoms with van der Waals surface area (Å²) in [6.07, 6.45) is -0.742. The summed E-state index contributed by atoms with van der Waals surface area (Å²) in [5, 5.41) is 20.2. The van der Waals surface area contributed by atoms with Crippen molar-refractivity contribution in [3.05, 3.63) is 74.2 Å². The molecule has 1 aromatic carbocycles. The van der Waals surface area contributed by atoms with Crippen molar-refractivity contribution in [3.8, 4) is 0 Å². The highest BCUT2D eigenvalue weighted by Gasteiger charge is 2.35. The van der Waals surface area contributed by atoms with Crippen LogP contribution in [0.3, 0.4) is 0 Å². The van der Waals surface area contributed by atoms with E-state index in [1.54, 1.807) is 6.92 Å². The lowest BCUT2D eigenvalue weighted by atomic mass is 10.1. The largest absolute Gasteiger partial charge is 0.394 e. The van der Waals surface area contributed by atoms with Crippen LogP contribution in [-0.4, -0.2) is 43.1 Å². The highest BCUT2D eigenvalue weighted by molar-refractivity contribution is 5.82. The summed E-state index contributed by atoms with van der Waals surface area (Å²) in [5.41, 5.74) is 1.93. The van der Waals surface area contributed by atoms with Crippen LogP contribution in [0.25, 0.3) is 10.9 Å². The second-order valence-electron chi connectivity index (χ2n) is 7.45. The predicted octanol–water partition coefficient (Wildman–Crippen LogP) is 0.864. The van der Waals surface area contributed by atoms with E-state index in [1.165, 1.54) is 15.3 Å². The Kier molecular flexibility index (Phi) is 5.08. The van der Waals surface area contributed by atoms with Crippen LogP contribution in [0.15, 0.2) is 46.1 Å². The van der Waals surface area contributed by atoms with E-state index in [0.717, 1.165) is 22.2 Å². The minimum Gasteiger partial charge on any atom is -0.394 e. The number of aliphatic hydroxyl groups excluding tert-OH is 2. The molecule has 1 aliphatic heterocycles. The van der Waals surface area contributed by atoms with E-state index in [9.17, 15) is 19.8 Å². The van der Waals surface area contributed by atoms with Crippen molar-refractivity contribution < 1.29 is 14.9 Å². The lowest BCUT2D eigenvalue weighted by Gasteiger charge is -2.18. The summed E-state index contributed by atoms with van der Waals surface area (Å²) >= 11 is 0. The molecule has 152 valence electrons. The Labute approximate surface area is 166 Å². The number of benzene rings is 1. The highest BCUT2D eigenvalue weighted by atomic mass is 16.5. The van der Waals surface area contributed by atoms with Gasteiger partial charge in [0, 0.05) is 29.3 Å². The Bertz CT molecular complexity index is 1180. The van der Waals surface area contributed by atoms with Gasteiger partial charge in [0.25, 0.3) is 5.56 Å². The van der Waals surface area contributed by atoms with Crippen molar-refractivity contribution in [1.29, 1.82) is 0 Å². The third-order valence-corrected chi connectivity index (χ3v) is 5.32. The van der Waals surface area contributed by atoms with Gasteiger partial charge in [-0.1, -0.05) is 18.2 Å². The lowest BCUT2D eigenvalue weighted by molar-refractivity contribution is -0.0463. The number of fused-ring (bicyclic) bond motifs is 1. The van der Waals surface area contributed by atoms with Gasteiger partial charge >= 0.3 is 5.69 Å². The van der Waals surface area contributed by atoms with Gasteiger partial charge in [0.2, 0.25) is 0 Å². The summed E-state index contributed by atoms with van der Waals surface area (Å²) in [7, 11) is 0. The first kappa shape index (κ1) is 19.5. The van der Waals surface area contributed by atoms with Crippen molar-refractivity contribution >= 4 is 10.9 Å². The molecule has 0 unspecified atom stereocenters. The molecule has 2 aromatic heterocycles. The number of nitrogens with zero attached hydrogens (tertiary/aromatic N) is 3. The number of aromatic nitrogens is 3. The first-order valence-corrected chi connectivity index (χ1v) is 9.51. The second-order valence-corrected chi connectivity index (χ2v) is 7.45. The number of hydrogen-bond acceptors (Lipinski definition) is 6. The molecule has 0 bridgehead atoms. The van der Waals surface area contributed by atoms with Crippen molar-refractivity contribution in [1.82, 2.24) is 14.1 Å². The van der Waals surface area contributed by atoms with Gasteiger partial charge < -0.3 is 14.9 Å². The van der Waals surface area contributed by atoms with Crippen molar-refractivity contribution in [3.63, 3.8) is 0 Å². The van der Waals surface area contributed by atoms with Gasteiger partial charge in [-0.05, 0) is 31.5 Å². The van der Waals surface area contributed by atoms with Crippen molar-refractivity contribution in [2.45, 2.75) is 45.2 Å². The van der Waals surface area contributed by atoms with E-state index < -0.39 is 24.1 Å². The summed E-state index contributed by atoms with van der Waals surface area (Å²) < 4.78 is 8.12. The van der Waals surface area contributed by atoms with E-state index in [-0.39, 0.29) is 25.1 Å². The first-order valence-electron chi connectivity index (χ1n) is 9.51. The van der Waals surface area contributed by atoms with E-state index in [4.69, 9.17) is 4.74 Å². The maximum absolute atomic E-state index is 13.1. The number of aryl methyl sites for hydroxylation is 2. The molecule has 0 spiro atoms. The number of ether oxygens (including phenoxy) is 1. The molecule has 2 N–H and O–H groups in total. The molecule has 0 radical (unpaired) electrons. The molecular formula is C21H23N3O5. The fourth-order valence-electron chi connectivity index (χ4n) is 3.85. The van der Waals surface area contributed by atoms with Crippen LogP contribution in [0.2, 0.25) is 0 Å².